The van der Waals surface area contributed by atoms with E-state index in [0.29, 0.717) is 17.8 Å². The Kier molecular flexibility index (Phi) is 40.8. The summed E-state index contributed by atoms with van der Waals surface area (Å²) in [6.07, 6.45) is 81.4. The van der Waals surface area contributed by atoms with Crippen LogP contribution in [0.3, 0.4) is 0 Å². The van der Waals surface area contributed by atoms with Crippen molar-refractivity contribution in [3.8, 4) is 0 Å². The van der Waals surface area contributed by atoms with E-state index in [1.807, 2.05) is 0 Å². The summed E-state index contributed by atoms with van der Waals surface area (Å²) in [5.74, 6) is 2.55. The molecule has 0 amide bonds. The van der Waals surface area contributed by atoms with Gasteiger partial charge in [0.2, 0.25) is 0 Å². The van der Waals surface area contributed by atoms with Crippen LogP contribution in [-0.4, -0.2) is 6.10 Å². The summed E-state index contributed by atoms with van der Waals surface area (Å²) in [6, 6.07) is 0. The van der Waals surface area contributed by atoms with Crippen molar-refractivity contribution in [1.29, 1.82) is 0 Å². The van der Waals surface area contributed by atoms with Crippen molar-refractivity contribution in [2.45, 2.75) is 307 Å². The van der Waals surface area contributed by atoms with Crippen molar-refractivity contribution in [2.75, 3.05) is 0 Å². The first kappa shape index (κ1) is 70.5. The minimum Gasteiger partial charge on any atom is -0.495 e. The third kappa shape index (κ3) is 35.9. The average Bonchev–Trinajstić information content (AvgIpc) is 3.39. The summed E-state index contributed by atoms with van der Waals surface area (Å²) in [5.41, 5.74) is 11.1. The highest BCUT2D eigenvalue weighted by Crippen LogP contribution is 2.46. The van der Waals surface area contributed by atoms with Gasteiger partial charge >= 0.3 is 0 Å². The Balaban J connectivity index is 1.67. The molecule has 0 bridgehead atoms. The SMILES string of the molecule is C=C(CCCCCCCCCCCCCCCC)C[C@H]1C=C(C)C(/C=C/C(C)=C/C=C/C(C)=C/C=C/C=C(C)/C=C/C=C(C)/C=C/C2=C(C)CC(OC(=C)CCCCCCCCCCCCCCCCC)CC2C)C(C)(C)C1. The number of unbranched alkanes of at least 4 members (excludes halogenated alkanes) is 27. The lowest BCUT2D eigenvalue weighted by Gasteiger charge is -2.40. The minimum absolute atomic E-state index is 0.237. The highest BCUT2D eigenvalue weighted by Gasteiger charge is 2.35. The van der Waals surface area contributed by atoms with E-state index in [9.17, 15) is 0 Å². The van der Waals surface area contributed by atoms with Gasteiger partial charge in [-0.25, -0.2) is 0 Å². The summed E-state index contributed by atoms with van der Waals surface area (Å²) < 4.78 is 6.44. The van der Waals surface area contributed by atoms with Crippen LogP contribution in [0.4, 0.5) is 0 Å². The molecule has 0 saturated heterocycles. The van der Waals surface area contributed by atoms with Gasteiger partial charge in [0.25, 0.3) is 0 Å². The summed E-state index contributed by atoms with van der Waals surface area (Å²) in [7, 11) is 0. The van der Waals surface area contributed by atoms with Crippen molar-refractivity contribution < 1.29 is 4.74 Å². The molecule has 0 saturated carbocycles. The largest absolute Gasteiger partial charge is 0.495 e. The minimum atomic E-state index is 0.237. The summed E-state index contributed by atoms with van der Waals surface area (Å²) >= 11 is 0. The molecule has 0 N–H and O–H groups in total. The lowest BCUT2D eigenvalue weighted by Crippen LogP contribution is -2.30. The number of allylic oxidation sites excluding steroid dienone is 23. The smallest absolute Gasteiger partial charge is 0.102 e. The predicted octanol–water partition coefficient (Wildman–Crippen LogP) is 25.9. The normalized spacial score (nSPS) is 20.0. The Morgan fingerprint density at radius 3 is 1.37 bits per heavy atom. The van der Waals surface area contributed by atoms with Crippen LogP contribution in [0.15, 0.2) is 155 Å². The Morgan fingerprint density at radius 1 is 0.538 bits per heavy atom. The zero-order valence-corrected chi connectivity index (χ0v) is 53.5. The number of rotatable bonds is 45. The van der Waals surface area contributed by atoms with Gasteiger partial charge in [-0.3, -0.25) is 0 Å². The van der Waals surface area contributed by atoms with E-state index in [1.54, 1.807) is 0 Å². The third-order valence-electron chi connectivity index (χ3n) is 17.0. The van der Waals surface area contributed by atoms with Gasteiger partial charge in [-0.15, -0.1) is 0 Å². The predicted molar refractivity (Wildman–Crippen MR) is 353 cm³/mol. The molecule has 0 spiro atoms. The maximum atomic E-state index is 6.44. The van der Waals surface area contributed by atoms with Crippen LogP contribution < -0.4 is 0 Å². The molecule has 1 heteroatoms. The third-order valence-corrected chi connectivity index (χ3v) is 17.0. The van der Waals surface area contributed by atoms with Gasteiger partial charge in [-0.05, 0) is 103 Å². The lowest BCUT2D eigenvalue weighted by molar-refractivity contribution is 0.0872. The molecule has 440 valence electrons. The average molecular weight is 1070 g/mol. The Bertz CT molecular complexity index is 1970. The van der Waals surface area contributed by atoms with Crippen LogP contribution in [0.25, 0.3) is 0 Å². The van der Waals surface area contributed by atoms with E-state index in [0.717, 1.165) is 31.4 Å². The zero-order chi connectivity index (χ0) is 57.1. The molecule has 0 aliphatic heterocycles. The van der Waals surface area contributed by atoms with Crippen LogP contribution in [0.2, 0.25) is 0 Å². The Labute approximate surface area is 487 Å². The van der Waals surface area contributed by atoms with Crippen molar-refractivity contribution in [3.63, 3.8) is 0 Å². The highest BCUT2D eigenvalue weighted by atomic mass is 16.5. The second-order valence-corrected chi connectivity index (χ2v) is 25.6. The monoisotopic (exact) mass is 1070 g/mol. The van der Waals surface area contributed by atoms with Gasteiger partial charge < -0.3 is 4.74 Å². The molecule has 0 heterocycles. The molecule has 0 radical (unpaired) electrons. The molecule has 4 atom stereocenters. The highest BCUT2D eigenvalue weighted by molar-refractivity contribution is 5.36. The first-order valence-corrected chi connectivity index (χ1v) is 33.1. The molecule has 2 rings (SSSR count). The van der Waals surface area contributed by atoms with Crippen molar-refractivity contribution in [3.05, 3.63) is 155 Å². The molecule has 0 aromatic heterocycles. The van der Waals surface area contributed by atoms with Crippen LogP contribution in [-0.2, 0) is 4.74 Å². The van der Waals surface area contributed by atoms with E-state index in [4.69, 9.17) is 4.74 Å². The molecule has 78 heavy (non-hydrogen) atoms. The van der Waals surface area contributed by atoms with Crippen LogP contribution in [0.5, 0.6) is 0 Å². The Morgan fingerprint density at radius 2 is 0.936 bits per heavy atom. The molecular formula is C77H126O. The lowest BCUT2D eigenvalue weighted by atomic mass is 9.64. The quantitative estimate of drug-likeness (QED) is 0.0256. The first-order chi connectivity index (χ1) is 37.6. The molecule has 0 fully saturated rings. The van der Waals surface area contributed by atoms with Gasteiger partial charge in [0.05, 0.1) is 5.76 Å². The number of ether oxygens (including phenoxy) is 1. The summed E-state index contributed by atoms with van der Waals surface area (Å²) in [5, 5.41) is 0. The van der Waals surface area contributed by atoms with Gasteiger partial charge in [-0.1, -0.05) is 351 Å². The number of hydrogen-bond donors (Lipinski definition) is 0. The second-order valence-electron chi connectivity index (χ2n) is 25.6. The van der Waals surface area contributed by atoms with E-state index < -0.39 is 0 Å². The van der Waals surface area contributed by atoms with Crippen molar-refractivity contribution in [1.82, 2.24) is 0 Å². The standard InChI is InChI=1S/C77H126O/c1-14-16-18-20-22-24-26-28-30-32-34-36-38-40-42-54-72(11)78-74-61-69(8)75(70(9)62-74)57-55-66(5)52-45-50-64(3)47-43-44-48-65(4)51-46-53-67(6)56-58-76-71(10)60-73(63-77(76,12)13)59-68(7)49-41-39-37-35-33-31-29-27-25-23-21-19-17-15-2/h43-48,50-53,55-58,60,69,73-74,76H,7,11,14-42,49,54,59,61-63H2,1-6,8-10,12-13H3/b44-43+,50-45+,51-46+,57-55+,58-56+,64-47+,65-48+,66-52+,67-53+/t69?,73-,74?,76?/m0/s1. The summed E-state index contributed by atoms with van der Waals surface area (Å²) in [4.78, 5) is 0. The van der Waals surface area contributed by atoms with Crippen LogP contribution in [0, 0.1) is 23.2 Å². The van der Waals surface area contributed by atoms with Gasteiger partial charge in [0, 0.05) is 18.8 Å². The van der Waals surface area contributed by atoms with Gasteiger partial charge in [0.1, 0.15) is 6.10 Å². The molecule has 2 aliphatic rings. The van der Waals surface area contributed by atoms with Gasteiger partial charge in [-0.2, -0.15) is 0 Å². The molecule has 1 nitrogen and oxygen atoms in total. The van der Waals surface area contributed by atoms with E-state index in [2.05, 4.69) is 180 Å². The van der Waals surface area contributed by atoms with Crippen LogP contribution >= 0.6 is 0 Å². The molecular weight excluding hydrogens is 941 g/mol. The summed E-state index contributed by atoms with van der Waals surface area (Å²) in [6.45, 7) is 34.1. The maximum Gasteiger partial charge on any atom is 0.102 e. The fraction of sp³-hybridized carbons (Fsp3) is 0.662. The molecule has 2 aliphatic carbocycles. The van der Waals surface area contributed by atoms with Gasteiger partial charge in [0.15, 0.2) is 0 Å². The molecule has 3 unspecified atom stereocenters. The van der Waals surface area contributed by atoms with Crippen molar-refractivity contribution >= 4 is 0 Å². The van der Waals surface area contributed by atoms with Crippen LogP contribution in [0.1, 0.15) is 301 Å². The second kappa shape index (κ2) is 45.1. The number of hydrogen-bond acceptors (Lipinski definition) is 1. The van der Waals surface area contributed by atoms with Crippen molar-refractivity contribution in [2.24, 2.45) is 23.2 Å². The zero-order valence-electron chi connectivity index (χ0n) is 53.5. The van der Waals surface area contributed by atoms with E-state index in [1.165, 1.54) is 244 Å². The van der Waals surface area contributed by atoms with E-state index in [-0.39, 0.29) is 11.5 Å². The Hall–Kier alpha value is -3.58. The van der Waals surface area contributed by atoms with E-state index >= 15 is 0 Å². The topological polar surface area (TPSA) is 9.23 Å². The fourth-order valence-corrected chi connectivity index (χ4v) is 12.2. The first-order valence-electron chi connectivity index (χ1n) is 33.1. The molecule has 0 aromatic rings. The molecule has 0 aromatic carbocycles. The fourth-order valence-electron chi connectivity index (χ4n) is 12.2. The maximum absolute atomic E-state index is 6.44.